The first-order valence-corrected chi connectivity index (χ1v) is 9.41. The molecule has 0 saturated carbocycles. The van der Waals surface area contributed by atoms with E-state index in [-0.39, 0.29) is 0 Å². The van der Waals surface area contributed by atoms with Crippen LogP contribution in [0.1, 0.15) is 11.1 Å². The summed E-state index contributed by atoms with van der Waals surface area (Å²) in [6.07, 6.45) is 10.5. The Morgan fingerprint density at radius 3 is 2.40 bits per heavy atom. The highest BCUT2D eigenvalue weighted by molar-refractivity contribution is 7.98. The van der Waals surface area contributed by atoms with Crippen LogP contribution in [0.15, 0.2) is 84.0 Å². The Labute approximate surface area is 151 Å². The van der Waals surface area contributed by atoms with E-state index in [1.54, 1.807) is 11.8 Å². The van der Waals surface area contributed by atoms with Crippen LogP contribution in [0.4, 0.5) is 0 Å². The molecule has 0 saturated heterocycles. The van der Waals surface area contributed by atoms with Gasteiger partial charge in [0.25, 0.3) is 0 Å². The molecule has 122 valence electrons. The predicted molar refractivity (Wildman–Crippen MR) is 108 cm³/mol. The third-order valence-corrected chi connectivity index (χ3v) is 4.88. The van der Waals surface area contributed by atoms with Crippen LogP contribution in [0.2, 0.25) is 0 Å². The normalized spacial score (nSPS) is 11.4. The summed E-state index contributed by atoms with van der Waals surface area (Å²) in [5.74, 6) is 0. The van der Waals surface area contributed by atoms with Gasteiger partial charge >= 0.3 is 0 Å². The Morgan fingerprint density at radius 2 is 1.64 bits per heavy atom. The summed E-state index contributed by atoms with van der Waals surface area (Å²) < 4.78 is 2.06. The zero-order valence-corrected chi connectivity index (χ0v) is 14.8. The molecular weight excluding hydrogens is 324 g/mol. The van der Waals surface area contributed by atoms with Crippen molar-refractivity contribution in [3.63, 3.8) is 0 Å². The molecule has 3 heteroatoms. The Kier molecular flexibility index (Phi) is 4.40. The largest absolute Gasteiger partial charge is 0.306 e. The Balaban J connectivity index is 1.61. The summed E-state index contributed by atoms with van der Waals surface area (Å²) in [5.41, 5.74) is 5.43. The highest BCUT2D eigenvalue weighted by atomic mass is 32.2. The number of hydrogen-bond acceptors (Lipinski definition) is 2. The van der Waals surface area contributed by atoms with Gasteiger partial charge in [-0.05, 0) is 41.6 Å². The number of hydrogen-bond donors (Lipinski definition) is 0. The summed E-state index contributed by atoms with van der Waals surface area (Å²) in [5, 5.41) is 0. The molecule has 2 nitrogen and oxygen atoms in total. The van der Waals surface area contributed by atoms with Gasteiger partial charge in [-0.15, -0.1) is 11.8 Å². The summed E-state index contributed by atoms with van der Waals surface area (Å²) in [6, 6.07) is 23.1. The second-order valence-electron chi connectivity index (χ2n) is 5.82. The second kappa shape index (κ2) is 6.99. The molecule has 0 unspecified atom stereocenters. The van der Waals surface area contributed by atoms with Gasteiger partial charge in [-0.25, -0.2) is 4.98 Å². The van der Waals surface area contributed by atoms with E-state index in [0.717, 1.165) is 22.5 Å². The minimum atomic E-state index is 0.957. The van der Waals surface area contributed by atoms with Crippen molar-refractivity contribution in [3.8, 4) is 11.3 Å². The fraction of sp³-hybridized carbons (Fsp3) is 0.0455. The summed E-state index contributed by atoms with van der Waals surface area (Å²) in [6.45, 7) is 0. The molecule has 0 bridgehead atoms. The van der Waals surface area contributed by atoms with Crippen molar-refractivity contribution in [3.05, 3.63) is 90.3 Å². The van der Waals surface area contributed by atoms with Gasteiger partial charge in [0, 0.05) is 22.9 Å². The topological polar surface area (TPSA) is 17.3 Å². The molecule has 2 aromatic heterocycles. The van der Waals surface area contributed by atoms with Crippen LogP contribution in [0.5, 0.6) is 0 Å². The lowest BCUT2D eigenvalue weighted by molar-refractivity contribution is 1.18. The molecule has 2 aromatic carbocycles. The SMILES string of the molecule is CSc1ccc(/C=C/c2ccn3cc(-c4ccccc4)nc3c2)cc1. The average Bonchev–Trinajstić information content (AvgIpc) is 3.11. The van der Waals surface area contributed by atoms with Gasteiger partial charge in [0.15, 0.2) is 0 Å². The molecule has 4 rings (SSSR count). The number of rotatable bonds is 4. The van der Waals surface area contributed by atoms with E-state index >= 15 is 0 Å². The van der Waals surface area contributed by atoms with E-state index in [2.05, 4.69) is 83.7 Å². The molecule has 2 heterocycles. The van der Waals surface area contributed by atoms with Crippen molar-refractivity contribution in [2.45, 2.75) is 4.90 Å². The Morgan fingerprint density at radius 1 is 0.880 bits per heavy atom. The third kappa shape index (κ3) is 3.52. The van der Waals surface area contributed by atoms with E-state index in [0.29, 0.717) is 0 Å². The molecule has 0 radical (unpaired) electrons. The van der Waals surface area contributed by atoms with Gasteiger partial charge in [-0.1, -0.05) is 54.6 Å². The van der Waals surface area contributed by atoms with Crippen LogP contribution < -0.4 is 0 Å². The van der Waals surface area contributed by atoms with E-state index in [1.807, 2.05) is 18.2 Å². The van der Waals surface area contributed by atoms with Crippen LogP contribution in [0, 0.1) is 0 Å². The van der Waals surface area contributed by atoms with Gasteiger partial charge in [-0.2, -0.15) is 0 Å². The van der Waals surface area contributed by atoms with Crippen LogP contribution in [-0.2, 0) is 0 Å². The first-order chi connectivity index (χ1) is 12.3. The maximum Gasteiger partial charge on any atom is 0.138 e. The lowest BCUT2D eigenvalue weighted by Crippen LogP contribution is -1.82. The summed E-state index contributed by atoms with van der Waals surface area (Å²) in [7, 11) is 0. The lowest BCUT2D eigenvalue weighted by atomic mass is 10.1. The Bertz CT molecular complexity index is 1020. The van der Waals surface area contributed by atoms with Crippen molar-refractivity contribution < 1.29 is 0 Å². The lowest BCUT2D eigenvalue weighted by Gasteiger charge is -1.98. The molecule has 0 atom stereocenters. The average molecular weight is 342 g/mol. The van der Waals surface area contributed by atoms with Crippen LogP contribution in [-0.4, -0.2) is 15.6 Å². The van der Waals surface area contributed by atoms with Gasteiger partial charge in [0.05, 0.1) is 5.69 Å². The molecule has 0 aliphatic heterocycles. The molecule has 25 heavy (non-hydrogen) atoms. The molecule has 0 N–H and O–H groups in total. The summed E-state index contributed by atoms with van der Waals surface area (Å²) in [4.78, 5) is 6.03. The van der Waals surface area contributed by atoms with Gasteiger partial charge < -0.3 is 4.40 Å². The van der Waals surface area contributed by atoms with Gasteiger partial charge in [-0.3, -0.25) is 0 Å². The maximum absolute atomic E-state index is 4.75. The zero-order chi connectivity index (χ0) is 17.1. The molecule has 0 fully saturated rings. The van der Waals surface area contributed by atoms with Gasteiger partial charge in [0.2, 0.25) is 0 Å². The maximum atomic E-state index is 4.75. The molecule has 4 aromatic rings. The fourth-order valence-electron chi connectivity index (χ4n) is 2.76. The fourth-order valence-corrected chi connectivity index (χ4v) is 3.17. The first kappa shape index (κ1) is 15.7. The highest BCUT2D eigenvalue weighted by Gasteiger charge is 2.03. The highest BCUT2D eigenvalue weighted by Crippen LogP contribution is 2.20. The van der Waals surface area contributed by atoms with Crippen LogP contribution in [0.25, 0.3) is 29.1 Å². The van der Waals surface area contributed by atoms with Crippen molar-refractivity contribution in [2.24, 2.45) is 0 Å². The standard InChI is InChI=1S/C22H18N2S/c1-25-20-11-9-17(10-12-20)7-8-18-13-14-24-16-21(23-22(24)15-18)19-5-3-2-4-6-19/h2-16H,1H3/b8-7+. The van der Waals surface area contributed by atoms with Crippen LogP contribution in [0.3, 0.4) is 0 Å². The molecule has 0 aliphatic carbocycles. The number of imidazole rings is 1. The van der Waals surface area contributed by atoms with Crippen LogP contribution >= 0.6 is 11.8 Å². The number of nitrogens with zero attached hydrogens (tertiary/aromatic N) is 2. The number of fused-ring (bicyclic) bond motifs is 1. The smallest absolute Gasteiger partial charge is 0.138 e. The van der Waals surface area contributed by atoms with E-state index in [9.17, 15) is 0 Å². The van der Waals surface area contributed by atoms with Gasteiger partial charge in [0.1, 0.15) is 5.65 Å². The molecule has 0 spiro atoms. The monoisotopic (exact) mass is 342 g/mol. The number of thioether (sulfide) groups is 1. The second-order valence-corrected chi connectivity index (χ2v) is 6.70. The Hall–Kier alpha value is -2.78. The van der Waals surface area contributed by atoms with E-state index in [4.69, 9.17) is 4.98 Å². The number of aromatic nitrogens is 2. The zero-order valence-electron chi connectivity index (χ0n) is 14.0. The molecule has 0 amide bonds. The minimum Gasteiger partial charge on any atom is -0.306 e. The molecule has 0 aliphatic rings. The third-order valence-electron chi connectivity index (χ3n) is 4.14. The number of pyridine rings is 1. The van der Waals surface area contributed by atoms with E-state index < -0.39 is 0 Å². The van der Waals surface area contributed by atoms with Crippen molar-refractivity contribution in [1.82, 2.24) is 9.38 Å². The van der Waals surface area contributed by atoms with Crippen molar-refractivity contribution >= 4 is 29.6 Å². The summed E-state index contributed by atoms with van der Waals surface area (Å²) >= 11 is 1.76. The first-order valence-electron chi connectivity index (χ1n) is 8.18. The number of benzene rings is 2. The van der Waals surface area contributed by atoms with Crippen molar-refractivity contribution in [1.29, 1.82) is 0 Å². The van der Waals surface area contributed by atoms with E-state index in [1.165, 1.54) is 10.5 Å². The molecular formula is C22H18N2S. The van der Waals surface area contributed by atoms with Crippen molar-refractivity contribution in [2.75, 3.05) is 6.26 Å². The quantitative estimate of drug-likeness (QED) is 0.430. The minimum absolute atomic E-state index is 0.957. The predicted octanol–water partition coefficient (Wildman–Crippen LogP) is 5.89.